The van der Waals surface area contributed by atoms with Gasteiger partial charge < -0.3 is 10.6 Å². The largest absolute Gasteiger partial charge is 0.325 e. The molecule has 1 aromatic rings. The van der Waals surface area contributed by atoms with E-state index in [-0.39, 0.29) is 0 Å². The van der Waals surface area contributed by atoms with Crippen LogP contribution in [0.2, 0.25) is 0 Å². The first-order valence-electron chi connectivity index (χ1n) is 6.48. The lowest BCUT2D eigenvalue weighted by Gasteiger charge is -2.34. The van der Waals surface area contributed by atoms with Crippen molar-refractivity contribution in [3.05, 3.63) is 11.9 Å². The molecule has 5 nitrogen and oxygen atoms in total. The van der Waals surface area contributed by atoms with E-state index in [0.717, 1.165) is 30.6 Å². The van der Waals surface area contributed by atoms with Gasteiger partial charge in [-0.1, -0.05) is 19.1 Å². The first kappa shape index (κ1) is 12.5. The summed E-state index contributed by atoms with van der Waals surface area (Å²) in [4.78, 5) is 2.53. The number of rotatable bonds is 4. The molecule has 1 saturated heterocycles. The molecule has 0 bridgehead atoms. The molecule has 1 aliphatic rings. The van der Waals surface area contributed by atoms with Gasteiger partial charge in [0.25, 0.3) is 0 Å². The lowest BCUT2D eigenvalue weighted by molar-refractivity contribution is 0.135. The molecule has 5 heteroatoms. The van der Waals surface area contributed by atoms with E-state index in [1.165, 1.54) is 19.5 Å². The van der Waals surface area contributed by atoms with Crippen LogP contribution in [0.4, 0.5) is 0 Å². The molecule has 0 aromatic carbocycles. The van der Waals surface area contributed by atoms with Crippen LogP contribution in [-0.2, 0) is 13.1 Å². The average Bonchev–Trinajstić information content (AvgIpc) is 2.73. The molecule has 0 radical (unpaired) electrons. The monoisotopic (exact) mass is 237 g/mol. The average molecular weight is 237 g/mol. The fourth-order valence-electron chi connectivity index (χ4n) is 2.76. The van der Waals surface area contributed by atoms with Crippen molar-refractivity contribution in [2.45, 2.75) is 33.4 Å². The van der Waals surface area contributed by atoms with Crippen molar-refractivity contribution in [3.63, 3.8) is 0 Å². The van der Waals surface area contributed by atoms with Crippen molar-refractivity contribution in [1.82, 2.24) is 19.9 Å². The summed E-state index contributed by atoms with van der Waals surface area (Å²) < 4.78 is 1.89. The molecular formula is C12H23N5. The molecule has 2 unspecified atom stereocenters. The standard InChI is InChI=1S/C12H23N5/c1-10-5-11(2)8-16(7-10)3-4-17-9-12(6-13)14-15-17/h9-11H,3-8,13H2,1-2H3. The van der Waals surface area contributed by atoms with Gasteiger partial charge in [0, 0.05) is 32.4 Å². The van der Waals surface area contributed by atoms with E-state index >= 15 is 0 Å². The van der Waals surface area contributed by atoms with Gasteiger partial charge in [-0.05, 0) is 18.3 Å². The summed E-state index contributed by atoms with van der Waals surface area (Å²) in [7, 11) is 0. The summed E-state index contributed by atoms with van der Waals surface area (Å²) >= 11 is 0. The molecule has 0 saturated carbocycles. The second-order valence-corrected chi connectivity index (χ2v) is 5.38. The van der Waals surface area contributed by atoms with Crippen LogP contribution in [0.5, 0.6) is 0 Å². The van der Waals surface area contributed by atoms with Crippen molar-refractivity contribution in [2.24, 2.45) is 17.6 Å². The van der Waals surface area contributed by atoms with E-state index in [9.17, 15) is 0 Å². The molecule has 96 valence electrons. The van der Waals surface area contributed by atoms with Crippen molar-refractivity contribution >= 4 is 0 Å². The molecule has 1 fully saturated rings. The Morgan fingerprint density at radius 2 is 2.00 bits per heavy atom. The van der Waals surface area contributed by atoms with Gasteiger partial charge in [0.05, 0.1) is 12.2 Å². The summed E-state index contributed by atoms with van der Waals surface area (Å²) in [6, 6.07) is 0. The second kappa shape index (κ2) is 5.60. The van der Waals surface area contributed by atoms with Gasteiger partial charge in [0.2, 0.25) is 0 Å². The molecule has 17 heavy (non-hydrogen) atoms. The molecule has 2 N–H and O–H groups in total. The minimum absolute atomic E-state index is 0.470. The predicted octanol–water partition coefficient (Wildman–Crippen LogP) is 0.715. The van der Waals surface area contributed by atoms with E-state index in [0.29, 0.717) is 6.54 Å². The summed E-state index contributed by atoms with van der Waals surface area (Å²) in [5.41, 5.74) is 6.38. The van der Waals surface area contributed by atoms with Crippen molar-refractivity contribution in [1.29, 1.82) is 0 Å². The zero-order chi connectivity index (χ0) is 12.3. The van der Waals surface area contributed by atoms with Crippen LogP contribution in [0, 0.1) is 11.8 Å². The van der Waals surface area contributed by atoms with Gasteiger partial charge in [0.1, 0.15) is 0 Å². The molecule has 1 aromatic heterocycles. The maximum atomic E-state index is 5.51. The molecule has 2 atom stereocenters. The van der Waals surface area contributed by atoms with Crippen LogP contribution in [0.15, 0.2) is 6.20 Å². The predicted molar refractivity (Wildman–Crippen MR) is 67.3 cm³/mol. The quantitative estimate of drug-likeness (QED) is 0.838. The Kier molecular flexibility index (Phi) is 4.12. The molecule has 2 rings (SSSR count). The van der Waals surface area contributed by atoms with Crippen molar-refractivity contribution in [2.75, 3.05) is 19.6 Å². The van der Waals surface area contributed by atoms with Crippen LogP contribution in [-0.4, -0.2) is 39.5 Å². The topological polar surface area (TPSA) is 60.0 Å². The highest BCUT2D eigenvalue weighted by molar-refractivity contribution is 4.90. The van der Waals surface area contributed by atoms with Gasteiger partial charge in [-0.3, -0.25) is 4.68 Å². The van der Waals surface area contributed by atoms with Crippen LogP contribution in [0.1, 0.15) is 26.0 Å². The van der Waals surface area contributed by atoms with E-state index in [2.05, 4.69) is 29.1 Å². The van der Waals surface area contributed by atoms with Crippen molar-refractivity contribution in [3.8, 4) is 0 Å². The molecule has 1 aliphatic heterocycles. The number of likely N-dealkylation sites (tertiary alicyclic amines) is 1. The van der Waals surface area contributed by atoms with Crippen LogP contribution in [0.25, 0.3) is 0 Å². The van der Waals surface area contributed by atoms with Gasteiger partial charge in [-0.15, -0.1) is 5.10 Å². The smallest absolute Gasteiger partial charge is 0.0962 e. The first-order chi connectivity index (χ1) is 8.17. The first-order valence-corrected chi connectivity index (χ1v) is 6.48. The van der Waals surface area contributed by atoms with Gasteiger partial charge in [-0.25, -0.2) is 0 Å². The Morgan fingerprint density at radius 3 is 2.59 bits per heavy atom. The third-order valence-electron chi connectivity index (χ3n) is 3.39. The maximum Gasteiger partial charge on any atom is 0.0962 e. The highest BCUT2D eigenvalue weighted by atomic mass is 15.4. The lowest BCUT2D eigenvalue weighted by atomic mass is 9.92. The van der Waals surface area contributed by atoms with E-state index < -0.39 is 0 Å². The van der Waals surface area contributed by atoms with Gasteiger partial charge >= 0.3 is 0 Å². The minimum Gasteiger partial charge on any atom is -0.325 e. The molecule has 0 amide bonds. The SMILES string of the molecule is CC1CC(C)CN(CCn2cc(CN)nn2)C1. The zero-order valence-corrected chi connectivity index (χ0v) is 10.8. The van der Waals surface area contributed by atoms with E-state index in [1.807, 2.05) is 10.9 Å². The number of nitrogens with two attached hydrogens (primary N) is 1. The van der Waals surface area contributed by atoms with E-state index in [4.69, 9.17) is 5.73 Å². The fourth-order valence-corrected chi connectivity index (χ4v) is 2.76. The second-order valence-electron chi connectivity index (χ2n) is 5.38. The third kappa shape index (κ3) is 3.51. The summed E-state index contributed by atoms with van der Waals surface area (Å²) in [5.74, 6) is 1.63. The third-order valence-corrected chi connectivity index (χ3v) is 3.39. The van der Waals surface area contributed by atoms with E-state index in [1.54, 1.807) is 0 Å². The number of hydrogen-bond donors (Lipinski definition) is 1. The van der Waals surface area contributed by atoms with Crippen LogP contribution >= 0.6 is 0 Å². The van der Waals surface area contributed by atoms with Crippen LogP contribution in [0.3, 0.4) is 0 Å². The van der Waals surface area contributed by atoms with Gasteiger partial charge in [0.15, 0.2) is 0 Å². The fraction of sp³-hybridized carbons (Fsp3) is 0.833. The zero-order valence-electron chi connectivity index (χ0n) is 10.8. The Labute approximate surface area is 103 Å². The Hall–Kier alpha value is -0.940. The maximum absolute atomic E-state index is 5.51. The normalized spacial score (nSPS) is 26.3. The van der Waals surface area contributed by atoms with Gasteiger partial charge in [-0.2, -0.15) is 0 Å². The van der Waals surface area contributed by atoms with Crippen molar-refractivity contribution < 1.29 is 0 Å². The molecule has 2 heterocycles. The number of piperidine rings is 1. The Bertz CT molecular complexity index is 338. The molecule has 0 spiro atoms. The highest BCUT2D eigenvalue weighted by Gasteiger charge is 2.21. The number of nitrogens with zero attached hydrogens (tertiary/aromatic N) is 4. The summed E-state index contributed by atoms with van der Waals surface area (Å²) in [5, 5.41) is 8.07. The Morgan fingerprint density at radius 1 is 1.29 bits per heavy atom. The number of aromatic nitrogens is 3. The number of hydrogen-bond acceptors (Lipinski definition) is 4. The summed E-state index contributed by atoms with van der Waals surface area (Å²) in [6.45, 7) is 9.53. The summed E-state index contributed by atoms with van der Waals surface area (Å²) in [6.07, 6.45) is 3.30. The minimum atomic E-state index is 0.470. The van der Waals surface area contributed by atoms with Crippen LogP contribution < -0.4 is 5.73 Å². The highest BCUT2D eigenvalue weighted by Crippen LogP contribution is 2.20. The molecular weight excluding hydrogens is 214 g/mol. The Balaban J connectivity index is 1.81. The lowest BCUT2D eigenvalue weighted by Crippen LogP contribution is -2.40. The molecule has 0 aliphatic carbocycles.